The average Bonchev–Trinajstić information content (AvgIpc) is 2.88. The van der Waals surface area contributed by atoms with E-state index in [9.17, 15) is 4.39 Å². The van der Waals surface area contributed by atoms with E-state index in [1.807, 2.05) is 30.3 Å². The van der Waals surface area contributed by atoms with Gasteiger partial charge in [0.1, 0.15) is 17.7 Å². The lowest BCUT2D eigenvalue weighted by Gasteiger charge is -2.13. The van der Waals surface area contributed by atoms with E-state index in [1.54, 1.807) is 12.1 Å². The highest BCUT2D eigenvalue weighted by Gasteiger charge is 2.22. The Hall–Kier alpha value is -2.54. The van der Waals surface area contributed by atoms with E-state index in [0.717, 1.165) is 12.2 Å². The summed E-state index contributed by atoms with van der Waals surface area (Å²) in [5, 5.41) is 11.7. The smallest absolute Gasteiger partial charge is 0.147 e. The summed E-state index contributed by atoms with van der Waals surface area (Å²) in [5.74, 6) is 0.485. The van der Waals surface area contributed by atoms with Crippen molar-refractivity contribution in [2.24, 2.45) is 0 Å². The molecule has 1 heterocycles. The van der Waals surface area contributed by atoms with Crippen molar-refractivity contribution >= 4 is 5.69 Å². The van der Waals surface area contributed by atoms with Gasteiger partial charge in [0.2, 0.25) is 0 Å². The summed E-state index contributed by atoms with van der Waals surface area (Å²) in [6.45, 7) is 0.525. The molecular weight excluding hydrogens is 255 g/mol. The topological polar surface area (TPSA) is 45.0 Å². The number of halogens is 1. The SMILES string of the molecule is N#Cc1ccc(NCC2Cc3ccccc3O2)c(F)c1. The number of para-hydroxylation sites is 1. The highest BCUT2D eigenvalue weighted by atomic mass is 19.1. The van der Waals surface area contributed by atoms with Crippen molar-refractivity contribution in [2.75, 3.05) is 11.9 Å². The zero-order valence-corrected chi connectivity index (χ0v) is 10.8. The molecule has 0 saturated heterocycles. The molecule has 0 fully saturated rings. The molecule has 3 nitrogen and oxygen atoms in total. The summed E-state index contributed by atoms with van der Waals surface area (Å²) in [5.41, 5.74) is 1.89. The van der Waals surface area contributed by atoms with Crippen LogP contribution in [0.3, 0.4) is 0 Å². The number of anilines is 1. The van der Waals surface area contributed by atoms with E-state index >= 15 is 0 Å². The van der Waals surface area contributed by atoms with Crippen molar-refractivity contribution in [3.63, 3.8) is 0 Å². The second kappa shape index (κ2) is 5.22. The molecule has 0 bridgehead atoms. The molecule has 0 radical (unpaired) electrons. The standard InChI is InChI=1S/C16H13FN2O/c17-14-7-11(9-18)5-6-15(14)19-10-13-8-12-3-1-2-4-16(12)20-13/h1-7,13,19H,8,10H2. The van der Waals surface area contributed by atoms with E-state index in [1.165, 1.54) is 11.6 Å². The molecular formula is C16H13FN2O. The van der Waals surface area contributed by atoms with Crippen LogP contribution in [0, 0.1) is 17.1 Å². The quantitative estimate of drug-likeness (QED) is 0.930. The van der Waals surface area contributed by atoms with Crippen LogP contribution in [0.1, 0.15) is 11.1 Å². The number of nitrogens with one attached hydrogen (secondary N) is 1. The van der Waals surface area contributed by atoms with Gasteiger partial charge in [-0.3, -0.25) is 0 Å². The van der Waals surface area contributed by atoms with E-state index < -0.39 is 5.82 Å². The molecule has 4 heteroatoms. The van der Waals surface area contributed by atoms with Gasteiger partial charge in [-0.2, -0.15) is 5.26 Å². The Kier molecular flexibility index (Phi) is 3.26. The van der Waals surface area contributed by atoms with Crippen LogP contribution in [0.5, 0.6) is 5.75 Å². The Bertz CT molecular complexity index is 653. The third-order valence-corrected chi connectivity index (χ3v) is 3.33. The molecule has 1 aliphatic heterocycles. The molecule has 0 amide bonds. The molecule has 20 heavy (non-hydrogen) atoms. The number of hydrogen-bond donors (Lipinski definition) is 1. The number of benzene rings is 2. The minimum Gasteiger partial charge on any atom is -0.488 e. The van der Waals surface area contributed by atoms with Crippen molar-refractivity contribution < 1.29 is 9.13 Å². The third-order valence-electron chi connectivity index (χ3n) is 3.33. The minimum atomic E-state index is -0.417. The fraction of sp³-hybridized carbons (Fsp3) is 0.188. The predicted octanol–water partition coefficient (Wildman–Crippen LogP) is 3.11. The average molecular weight is 268 g/mol. The highest BCUT2D eigenvalue weighted by molar-refractivity contribution is 5.49. The molecule has 0 saturated carbocycles. The predicted molar refractivity (Wildman–Crippen MR) is 74.2 cm³/mol. The van der Waals surface area contributed by atoms with Gasteiger partial charge in [0.25, 0.3) is 0 Å². The van der Waals surface area contributed by atoms with Crippen molar-refractivity contribution in [3.8, 4) is 11.8 Å². The van der Waals surface area contributed by atoms with Gasteiger partial charge in [-0.25, -0.2) is 4.39 Å². The molecule has 1 atom stereocenters. The molecule has 100 valence electrons. The molecule has 1 N–H and O–H groups in total. The van der Waals surface area contributed by atoms with E-state index in [4.69, 9.17) is 10.00 Å². The summed E-state index contributed by atoms with van der Waals surface area (Å²) in [6, 6.07) is 14.2. The van der Waals surface area contributed by atoms with E-state index in [0.29, 0.717) is 17.8 Å². The van der Waals surface area contributed by atoms with E-state index in [-0.39, 0.29) is 6.10 Å². The van der Waals surface area contributed by atoms with Gasteiger partial charge >= 0.3 is 0 Å². The van der Waals surface area contributed by atoms with Crippen LogP contribution >= 0.6 is 0 Å². The summed E-state index contributed by atoms with van der Waals surface area (Å²) >= 11 is 0. The van der Waals surface area contributed by atoms with Crippen molar-refractivity contribution in [1.29, 1.82) is 5.26 Å². The number of nitriles is 1. The molecule has 1 unspecified atom stereocenters. The van der Waals surface area contributed by atoms with Crippen molar-refractivity contribution in [3.05, 3.63) is 59.4 Å². The second-order valence-corrected chi connectivity index (χ2v) is 4.74. The first kappa shape index (κ1) is 12.5. The first-order valence-electron chi connectivity index (χ1n) is 6.44. The third kappa shape index (κ3) is 2.43. The number of fused-ring (bicyclic) bond motifs is 1. The van der Waals surface area contributed by atoms with Crippen molar-refractivity contribution in [2.45, 2.75) is 12.5 Å². The Morgan fingerprint density at radius 1 is 1.30 bits per heavy atom. The summed E-state index contributed by atoms with van der Waals surface area (Å²) in [4.78, 5) is 0. The number of rotatable bonds is 3. The van der Waals surface area contributed by atoms with Crippen LogP contribution in [0.2, 0.25) is 0 Å². The fourth-order valence-electron chi connectivity index (χ4n) is 2.32. The Balaban J connectivity index is 1.63. The lowest BCUT2D eigenvalue weighted by molar-refractivity contribution is 0.246. The van der Waals surface area contributed by atoms with Crippen LogP contribution in [0.4, 0.5) is 10.1 Å². The minimum absolute atomic E-state index is 0.00226. The molecule has 3 rings (SSSR count). The van der Waals surface area contributed by atoms with Gasteiger partial charge in [-0.05, 0) is 29.8 Å². The Labute approximate surface area is 116 Å². The van der Waals surface area contributed by atoms with Crippen molar-refractivity contribution in [1.82, 2.24) is 0 Å². The first-order valence-corrected chi connectivity index (χ1v) is 6.44. The summed E-state index contributed by atoms with van der Waals surface area (Å²) in [7, 11) is 0. The number of nitrogens with zero attached hydrogens (tertiary/aromatic N) is 1. The monoisotopic (exact) mass is 268 g/mol. The summed E-state index contributed by atoms with van der Waals surface area (Å²) < 4.78 is 19.5. The Morgan fingerprint density at radius 3 is 2.90 bits per heavy atom. The van der Waals surface area contributed by atoms with Crippen LogP contribution in [-0.4, -0.2) is 12.6 Å². The maximum Gasteiger partial charge on any atom is 0.147 e. The van der Waals surface area contributed by atoms with Gasteiger partial charge < -0.3 is 10.1 Å². The Morgan fingerprint density at radius 2 is 2.15 bits per heavy atom. The fourth-order valence-corrected chi connectivity index (χ4v) is 2.32. The zero-order chi connectivity index (χ0) is 13.9. The lowest BCUT2D eigenvalue weighted by Crippen LogP contribution is -2.24. The second-order valence-electron chi connectivity index (χ2n) is 4.74. The normalized spacial score (nSPS) is 16.1. The summed E-state index contributed by atoms with van der Waals surface area (Å²) in [6.07, 6.45) is 0.823. The van der Waals surface area contributed by atoms with Crippen LogP contribution in [-0.2, 0) is 6.42 Å². The van der Waals surface area contributed by atoms with Gasteiger partial charge in [0, 0.05) is 6.42 Å². The molecule has 0 aromatic heterocycles. The first-order chi connectivity index (χ1) is 9.76. The maximum absolute atomic E-state index is 13.7. The lowest BCUT2D eigenvalue weighted by atomic mass is 10.1. The van der Waals surface area contributed by atoms with Crippen LogP contribution < -0.4 is 10.1 Å². The van der Waals surface area contributed by atoms with Crippen LogP contribution in [0.15, 0.2) is 42.5 Å². The van der Waals surface area contributed by atoms with Gasteiger partial charge in [0.15, 0.2) is 0 Å². The van der Waals surface area contributed by atoms with Crippen LogP contribution in [0.25, 0.3) is 0 Å². The zero-order valence-electron chi connectivity index (χ0n) is 10.8. The van der Waals surface area contributed by atoms with Gasteiger partial charge in [0.05, 0.1) is 23.9 Å². The molecule has 2 aromatic carbocycles. The largest absolute Gasteiger partial charge is 0.488 e. The van der Waals surface area contributed by atoms with E-state index in [2.05, 4.69) is 5.32 Å². The number of ether oxygens (including phenoxy) is 1. The molecule has 0 spiro atoms. The van der Waals surface area contributed by atoms with Gasteiger partial charge in [-0.1, -0.05) is 18.2 Å². The van der Waals surface area contributed by atoms with Gasteiger partial charge in [-0.15, -0.1) is 0 Å². The number of hydrogen-bond acceptors (Lipinski definition) is 3. The molecule has 2 aromatic rings. The molecule has 0 aliphatic carbocycles. The highest BCUT2D eigenvalue weighted by Crippen LogP contribution is 2.28. The molecule has 1 aliphatic rings. The maximum atomic E-state index is 13.7.